The second kappa shape index (κ2) is 6.86. The predicted molar refractivity (Wildman–Crippen MR) is 64.1 cm³/mol. The van der Waals surface area contributed by atoms with Crippen LogP contribution in [0.15, 0.2) is 0 Å². The normalized spacial score (nSPS) is 22.4. The first-order chi connectivity index (χ1) is 7.67. The molecular formula is C12H24N2O2. The summed E-state index contributed by atoms with van der Waals surface area (Å²) in [6.07, 6.45) is 2.45. The molecule has 0 aliphatic carbocycles. The highest BCUT2D eigenvalue weighted by molar-refractivity contribution is 5.77. The summed E-state index contributed by atoms with van der Waals surface area (Å²) < 4.78 is 0. The van der Waals surface area contributed by atoms with Gasteiger partial charge in [0.15, 0.2) is 0 Å². The van der Waals surface area contributed by atoms with Crippen molar-refractivity contribution in [3.63, 3.8) is 0 Å². The summed E-state index contributed by atoms with van der Waals surface area (Å²) in [5, 5.41) is 12.1. The lowest BCUT2D eigenvalue weighted by Crippen LogP contribution is -2.35. The average molecular weight is 228 g/mol. The van der Waals surface area contributed by atoms with Crippen LogP contribution < -0.4 is 5.32 Å². The number of amides is 1. The van der Waals surface area contributed by atoms with Crippen LogP contribution in [0.25, 0.3) is 0 Å². The highest BCUT2D eigenvalue weighted by Gasteiger charge is 2.26. The predicted octanol–water partition coefficient (Wildman–Crippen LogP) is 0.605. The summed E-state index contributed by atoms with van der Waals surface area (Å²) >= 11 is 0. The van der Waals surface area contributed by atoms with Crippen LogP contribution in [0.1, 0.15) is 33.1 Å². The third kappa shape index (κ3) is 4.10. The number of aliphatic hydroxyl groups is 1. The van der Waals surface area contributed by atoms with E-state index in [9.17, 15) is 4.79 Å². The van der Waals surface area contributed by atoms with Gasteiger partial charge >= 0.3 is 0 Å². The Hall–Kier alpha value is -0.610. The average Bonchev–Trinajstić information content (AvgIpc) is 2.67. The highest BCUT2D eigenvalue weighted by atomic mass is 16.3. The summed E-state index contributed by atoms with van der Waals surface area (Å²) in [6, 6.07) is 0.259. The summed E-state index contributed by atoms with van der Waals surface area (Å²) in [5.41, 5.74) is 0. The monoisotopic (exact) mass is 228 g/mol. The number of likely N-dealkylation sites (tertiary alicyclic amines) is 1. The molecule has 1 aliphatic heterocycles. The van der Waals surface area contributed by atoms with Crippen LogP contribution >= 0.6 is 0 Å². The van der Waals surface area contributed by atoms with Crippen LogP contribution in [-0.2, 0) is 4.79 Å². The minimum atomic E-state index is 0.237. The highest BCUT2D eigenvalue weighted by Crippen LogP contribution is 2.19. The first kappa shape index (κ1) is 13.5. The Morgan fingerprint density at radius 3 is 3.00 bits per heavy atom. The number of aliphatic hydroxyl groups excluding tert-OH is 1. The van der Waals surface area contributed by atoms with E-state index >= 15 is 0 Å². The van der Waals surface area contributed by atoms with E-state index in [1.165, 1.54) is 0 Å². The first-order valence-corrected chi connectivity index (χ1v) is 6.29. The largest absolute Gasteiger partial charge is 0.396 e. The molecule has 4 heteroatoms. The minimum Gasteiger partial charge on any atom is -0.396 e. The van der Waals surface area contributed by atoms with Gasteiger partial charge in [-0.25, -0.2) is 0 Å². The molecule has 2 atom stereocenters. The van der Waals surface area contributed by atoms with Crippen molar-refractivity contribution in [2.24, 2.45) is 5.92 Å². The third-order valence-electron chi connectivity index (χ3n) is 3.21. The van der Waals surface area contributed by atoms with Crippen LogP contribution in [0.3, 0.4) is 0 Å². The second-order valence-corrected chi connectivity index (χ2v) is 4.67. The maximum atomic E-state index is 11.9. The molecule has 94 valence electrons. The van der Waals surface area contributed by atoms with E-state index in [2.05, 4.69) is 5.32 Å². The molecule has 16 heavy (non-hydrogen) atoms. The van der Waals surface area contributed by atoms with Gasteiger partial charge in [0.05, 0.1) is 0 Å². The molecule has 0 aromatic heterocycles. The molecule has 0 bridgehead atoms. The van der Waals surface area contributed by atoms with Crippen molar-refractivity contribution in [1.29, 1.82) is 0 Å². The van der Waals surface area contributed by atoms with E-state index in [0.717, 1.165) is 32.5 Å². The molecule has 1 heterocycles. The fraction of sp³-hybridized carbons (Fsp3) is 0.917. The number of hydrogen-bond acceptors (Lipinski definition) is 3. The maximum absolute atomic E-state index is 11.9. The Balaban J connectivity index is 2.27. The number of nitrogens with one attached hydrogen (secondary N) is 1. The van der Waals surface area contributed by atoms with Gasteiger partial charge in [0.2, 0.25) is 5.91 Å². The Bertz CT molecular complexity index is 221. The molecule has 1 rings (SSSR count). The van der Waals surface area contributed by atoms with Crippen LogP contribution in [-0.4, -0.2) is 48.2 Å². The van der Waals surface area contributed by atoms with Gasteiger partial charge in [-0.1, -0.05) is 6.92 Å². The molecule has 2 unspecified atom stereocenters. The molecule has 1 amide bonds. The van der Waals surface area contributed by atoms with Crippen molar-refractivity contribution >= 4 is 5.91 Å². The zero-order valence-electron chi connectivity index (χ0n) is 10.4. The van der Waals surface area contributed by atoms with E-state index in [0.29, 0.717) is 12.3 Å². The lowest BCUT2D eigenvalue weighted by atomic mass is 10.1. The Kier molecular flexibility index (Phi) is 5.77. The molecule has 0 aromatic carbocycles. The molecule has 0 saturated carbocycles. The van der Waals surface area contributed by atoms with Crippen molar-refractivity contribution in [3.05, 3.63) is 0 Å². The topological polar surface area (TPSA) is 52.6 Å². The molecule has 4 nitrogen and oxygen atoms in total. The second-order valence-electron chi connectivity index (χ2n) is 4.67. The summed E-state index contributed by atoms with van der Waals surface area (Å²) in [4.78, 5) is 13.8. The van der Waals surface area contributed by atoms with E-state index < -0.39 is 0 Å². The van der Waals surface area contributed by atoms with Crippen molar-refractivity contribution < 1.29 is 9.90 Å². The van der Waals surface area contributed by atoms with E-state index in [-0.39, 0.29) is 18.6 Å². The number of nitrogens with zero attached hydrogens (tertiary/aromatic N) is 1. The lowest BCUT2D eigenvalue weighted by Gasteiger charge is -2.19. The number of carbonyl (C=O) groups excluding carboxylic acids is 1. The number of hydrogen-bond donors (Lipinski definition) is 2. The first-order valence-electron chi connectivity index (χ1n) is 6.29. The molecular weight excluding hydrogens is 204 g/mol. The van der Waals surface area contributed by atoms with Gasteiger partial charge in [0.1, 0.15) is 0 Å². The van der Waals surface area contributed by atoms with E-state index in [4.69, 9.17) is 5.11 Å². The zero-order chi connectivity index (χ0) is 12.0. The Morgan fingerprint density at radius 1 is 1.62 bits per heavy atom. The molecule has 0 aromatic rings. The van der Waals surface area contributed by atoms with E-state index in [1.54, 1.807) is 0 Å². The Labute approximate surface area is 98.0 Å². The van der Waals surface area contributed by atoms with Crippen molar-refractivity contribution in [2.75, 3.05) is 26.2 Å². The standard InChI is InChI=1S/C12H24N2O2/c1-3-13-10(2)8-12(16)14-6-4-11(9-14)5-7-15/h10-11,13,15H,3-9H2,1-2H3. The van der Waals surface area contributed by atoms with Gasteiger partial charge in [-0.05, 0) is 32.2 Å². The van der Waals surface area contributed by atoms with Crippen molar-refractivity contribution in [1.82, 2.24) is 10.2 Å². The van der Waals surface area contributed by atoms with Crippen LogP contribution in [0.5, 0.6) is 0 Å². The lowest BCUT2D eigenvalue weighted by molar-refractivity contribution is -0.130. The molecule has 2 N–H and O–H groups in total. The van der Waals surface area contributed by atoms with Crippen LogP contribution in [0.2, 0.25) is 0 Å². The zero-order valence-corrected chi connectivity index (χ0v) is 10.4. The Morgan fingerprint density at radius 2 is 2.38 bits per heavy atom. The molecule has 1 fully saturated rings. The van der Waals surface area contributed by atoms with Crippen LogP contribution in [0, 0.1) is 5.92 Å². The van der Waals surface area contributed by atoms with Gasteiger partial charge in [0, 0.05) is 32.2 Å². The summed E-state index contributed by atoms with van der Waals surface area (Å²) in [7, 11) is 0. The number of rotatable bonds is 6. The molecule has 1 saturated heterocycles. The summed E-state index contributed by atoms with van der Waals surface area (Å²) in [6.45, 7) is 6.93. The molecule has 0 spiro atoms. The SMILES string of the molecule is CCNC(C)CC(=O)N1CCC(CCO)C1. The summed E-state index contributed by atoms with van der Waals surface area (Å²) in [5.74, 6) is 0.747. The van der Waals surface area contributed by atoms with Gasteiger partial charge in [0.25, 0.3) is 0 Å². The maximum Gasteiger partial charge on any atom is 0.224 e. The van der Waals surface area contributed by atoms with Crippen molar-refractivity contribution in [3.8, 4) is 0 Å². The van der Waals surface area contributed by atoms with Crippen LogP contribution in [0.4, 0.5) is 0 Å². The molecule has 1 aliphatic rings. The fourth-order valence-corrected chi connectivity index (χ4v) is 2.29. The fourth-order valence-electron chi connectivity index (χ4n) is 2.29. The van der Waals surface area contributed by atoms with Crippen molar-refractivity contribution in [2.45, 2.75) is 39.2 Å². The van der Waals surface area contributed by atoms with Gasteiger partial charge in [-0.3, -0.25) is 4.79 Å². The third-order valence-corrected chi connectivity index (χ3v) is 3.21. The minimum absolute atomic E-state index is 0.237. The van der Waals surface area contributed by atoms with Gasteiger partial charge < -0.3 is 15.3 Å². The molecule has 0 radical (unpaired) electrons. The van der Waals surface area contributed by atoms with Gasteiger partial charge in [-0.15, -0.1) is 0 Å². The van der Waals surface area contributed by atoms with E-state index in [1.807, 2.05) is 18.7 Å². The smallest absolute Gasteiger partial charge is 0.224 e. The number of carbonyl (C=O) groups is 1. The van der Waals surface area contributed by atoms with Gasteiger partial charge in [-0.2, -0.15) is 0 Å². The quantitative estimate of drug-likeness (QED) is 0.700.